The summed E-state index contributed by atoms with van der Waals surface area (Å²) in [7, 11) is 0. The fourth-order valence-electron chi connectivity index (χ4n) is 0.215. The van der Waals surface area contributed by atoms with Crippen LogP contribution in [0.1, 0.15) is 6.92 Å². The van der Waals surface area contributed by atoms with E-state index >= 15 is 0 Å². The Bertz CT molecular complexity index is 140. The number of halogens is 2. The van der Waals surface area contributed by atoms with Crippen LogP contribution in [0.15, 0.2) is 18.7 Å². The SMILES string of the molecule is CC#N.ClCCl.c1c[nH]cn1. The number of aromatic amines is 1. The molecule has 1 aromatic heterocycles. The molecule has 3 nitrogen and oxygen atoms in total. The quantitative estimate of drug-likeness (QED) is 0.644. The van der Waals surface area contributed by atoms with E-state index in [4.69, 9.17) is 28.5 Å². The maximum Gasteiger partial charge on any atom is 0.0967 e. The minimum Gasteiger partial charge on any atom is -0.351 e. The fraction of sp³-hybridized carbons (Fsp3) is 0.333. The van der Waals surface area contributed by atoms with Crippen molar-refractivity contribution in [1.29, 1.82) is 5.26 Å². The first kappa shape index (κ1) is 12.9. The Hall–Kier alpha value is -0.720. The van der Waals surface area contributed by atoms with Crippen LogP contribution in [0.2, 0.25) is 0 Å². The summed E-state index contributed by atoms with van der Waals surface area (Å²) >= 11 is 9.53. The van der Waals surface area contributed by atoms with Crippen molar-refractivity contribution in [3.8, 4) is 6.07 Å². The maximum absolute atomic E-state index is 7.32. The van der Waals surface area contributed by atoms with Crippen LogP contribution in [-0.4, -0.2) is 15.3 Å². The van der Waals surface area contributed by atoms with E-state index in [1.165, 1.54) is 6.92 Å². The van der Waals surface area contributed by atoms with Gasteiger partial charge in [-0.05, 0) is 0 Å². The van der Waals surface area contributed by atoms with E-state index in [2.05, 4.69) is 9.97 Å². The molecular weight excluding hydrogens is 185 g/mol. The largest absolute Gasteiger partial charge is 0.351 e. The van der Waals surface area contributed by atoms with Crippen LogP contribution in [-0.2, 0) is 0 Å². The van der Waals surface area contributed by atoms with Gasteiger partial charge < -0.3 is 4.98 Å². The summed E-state index contributed by atoms with van der Waals surface area (Å²) in [5, 5.41) is 7.51. The van der Waals surface area contributed by atoms with Gasteiger partial charge in [0.2, 0.25) is 0 Å². The van der Waals surface area contributed by atoms with Crippen molar-refractivity contribution in [1.82, 2.24) is 9.97 Å². The summed E-state index contributed by atoms with van der Waals surface area (Å²) in [6.45, 7) is 1.43. The fourth-order valence-corrected chi connectivity index (χ4v) is 0.215. The molecule has 0 spiro atoms. The topological polar surface area (TPSA) is 52.5 Å². The van der Waals surface area contributed by atoms with Gasteiger partial charge in [-0.2, -0.15) is 5.26 Å². The van der Waals surface area contributed by atoms with Gasteiger partial charge in [0, 0.05) is 19.3 Å². The van der Waals surface area contributed by atoms with Crippen molar-refractivity contribution < 1.29 is 0 Å². The highest BCUT2D eigenvalue weighted by Crippen LogP contribution is 1.73. The van der Waals surface area contributed by atoms with E-state index in [0.717, 1.165) is 0 Å². The number of nitriles is 1. The molecule has 1 rings (SSSR count). The van der Waals surface area contributed by atoms with Crippen molar-refractivity contribution in [3.63, 3.8) is 0 Å². The molecule has 0 aliphatic rings. The second-order valence-corrected chi connectivity index (χ2v) is 1.89. The second-order valence-electron chi connectivity index (χ2n) is 1.09. The van der Waals surface area contributed by atoms with Crippen LogP contribution in [0.3, 0.4) is 0 Å². The van der Waals surface area contributed by atoms with Gasteiger partial charge in [-0.3, -0.25) is 0 Å². The molecule has 0 fully saturated rings. The van der Waals surface area contributed by atoms with Crippen molar-refractivity contribution in [3.05, 3.63) is 18.7 Å². The molecule has 0 radical (unpaired) electrons. The third-order valence-electron chi connectivity index (χ3n) is 0.406. The van der Waals surface area contributed by atoms with E-state index in [-0.39, 0.29) is 5.34 Å². The molecule has 5 heteroatoms. The molecule has 11 heavy (non-hydrogen) atoms. The van der Waals surface area contributed by atoms with Gasteiger partial charge in [0.1, 0.15) is 0 Å². The lowest BCUT2D eigenvalue weighted by Gasteiger charge is -1.46. The standard InChI is InChI=1S/C3H4N2.C2H3N.CH2Cl2/c1-2-5-3-4-1;1-2-3;2-1-3/h1-3H,(H,4,5);1H3;1H2. The maximum atomic E-state index is 7.32. The monoisotopic (exact) mass is 193 g/mol. The normalized spacial score (nSPS) is 6.00. The molecule has 0 aliphatic carbocycles. The zero-order valence-electron chi connectivity index (χ0n) is 6.09. The highest BCUT2D eigenvalue weighted by atomic mass is 35.5. The van der Waals surface area contributed by atoms with Crippen LogP contribution in [0.5, 0.6) is 0 Å². The van der Waals surface area contributed by atoms with Crippen molar-refractivity contribution in [2.45, 2.75) is 6.92 Å². The molecule has 0 atom stereocenters. The third-order valence-corrected chi connectivity index (χ3v) is 0.406. The molecule has 0 saturated heterocycles. The zero-order valence-corrected chi connectivity index (χ0v) is 7.60. The average Bonchev–Trinajstić information content (AvgIpc) is 2.44. The van der Waals surface area contributed by atoms with Crippen molar-refractivity contribution in [2.24, 2.45) is 0 Å². The molecule has 0 bridgehead atoms. The van der Waals surface area contributed by atoms with Crippen molar-refractivity contribution in [2.75, 3.05) is 5.34 Å². The first-order valence-electron chi connectivity index (χ1n) is 2.69. The summed E-state index contributed by atoms with van der Waals surface area (Å²) in [5.41, 5.74) is 0. The number of nitrogens with zero attached hydrogens (tertiary/aromatic N) is 2. The summed E-state index contributed by atoms with van der Waals surface area (Å²) in [5.74, 6) is 0. The van der Waals surface area contributed by atoms with Gasteiger partial charge in [0.15, 0.2) is 0 Å². The molecule has 1 heterocycles. The van der Waals surface area contributed by atoms with Crippen LogP contribution in [0.25, 0.3) is 0 Å². The molecule has 0 aliphatic heterocycles. The summed E-state index contributed by atoms with van der Waals surface area (Å²) in [4.78, 5) is 6.42. The summed E-state index contributed by atoms with van der Waals surface area (Å²) in [6, 6.07) is 1.75. The van der Waals surface area contributed by atoms with Gasteiger partial charge in [0.05, 0.1) is 17.7 Å². The number of H-pyrrole nitrogens is 1. The van der Waals surface area contributed by atoms with Gasteiger partial charge in [-0.25, -0.2) is 4.98 Å². The molecule has 0 amide bonds. The number of aromatic nitrogens is 2. The lowest BCUT2D eigenvalue weighted by Crippen LogP contribution is -1.44. The van der Waals surface area contributed by atoms with E-state index in [1.54, 1.807) is 24.8 Å². The molecular formula is C6H9Cl2N3. The molecule has 0 aromatic carbocycles. The number of rotatable bonds is 0. The smallest absolute Gasteiger partial charge is 0.0967 e. The Labute approximate surface area is 76.0 Å². The third kappa shape index (κ3) is 26.8. The predicted molar refractivity (Wildman–Crippen MR) is 46.4 cm³/mol. The number of imidazole rings is 1. The molecule has 1 aromatic rings. The summed E-state index contributed by atoms with van der Waals surface area (Å²) in [6.07, 6.45) is 5.08. The number of hydrogen-bond donors (Lipinski definition) is 1. The van der Waals surface area contributed by atoms with Crippen LogP contribution >= 0.6 is 23.2 Å². The van der Waals surface area contributed by atoms with E-state index < -0.39 is 0 Å². The molecule has 0 unspecified atom stereocenters. The second kappa shape index (κ2) is 16.1. The highest BCUT2D eigenvalue weighted by molar-refractivity contribution is 6.40. The lowest BCUT2D eigenvalue weighted by atomic mass is 11.0. The number of nitrogens with one attached hydrogen (secondary N) is 1. The molecule has 1 N–H and O–H groups in total. The predicted octanol–water partition coefficient (Wildman–Crippen LogP) is 2.36. The Morgan fingerprint density at radius 3 is 2.18 bits per heavy atom. The molecule has 62 valence electrons. The Morgan fingerprint density at radius 2 is 2.09 bits per heavy atom. The van der Waals surface area contributed by atoms with Crippen molar-refractivity contribution >= 4 is 23.2 Å². The average molecular weight is 194 g/mol. The first-order valence-corrected chi connectivity index (χ1v) is 3.75. The lowest BCUT2D eigenvalue weighted by molar-refractivity contribution is 1.31. The van der Waals surface area contributed by atoms with E-state index in [0.29, 0.717) is 0 Å². The van der Waals surface area contributed by atoms with Gasteiger partial charge in [-0.15, -0.1) is 23.2 Å². The van der Waals surface area contributed by atoms with Crippen LogP contribution in [0, 0.1) is 11.3 Å². The Kier molecular flexibility index (Phi) is 18.9. The Morgan fingerprint density at radius 1 is 1.64 bits per heavy atom. The number of alkyl halides is 2. The summed E-state index contributed by atoms with van der Waals surface area (Å²) < 4.78 is 0. The van der Waals surface area contributed by atoms with E-state index in [9.17, 15) is 0 Å². The Balaban J connectivity index is 0. The van der Waals surface area contributed by atoms with Gasteiger partial charge in [0.25, 0.3) is 0 Å². The van der Waals surface area contributed by atoms with Crippen LogP contribution < -0.4 is 0 Å². The zero-order chi connectivity index (χ0) is 8.95. The van der Waals surface area contributed by atoms with Gasteiger partial charge in [-0.1, -0.05) is 0 Å². The minimum absolute atomic E-state index is 0.194. The van der Waals surface area contributed by atoms with Crippen LogP contribution in [0.4, 0.5) is 0 Å². The van der Waals surface area contributed by atoms with Gasteiger partial charge >= 0.3 is 0 Å². The molecule has 0 saturated carbocycles. The highest BCUT2D eigenvalue weighted by Gasteiger charge is 1.56. The number of hydrogen-bond acceptors (Lipinski definition) is 2. The first-order chi connectivity index (χ1) is 5.33. The van der Waals surface area contributed by atoms with E-state index in [1.807, 2.05) is 0 Å². The minimum atomic E-state index is 0.194.